The molecule has 0 aliphatic rings. The Morgan fingerprint density at radius 1 is 1.15 bits per heavy atom. The SMILES string of the molecule is CC(=O)NCCCc1ccc(C(=O)COC(=O)c2sc(C)nc2C)cc1. The number of ether oxygens (including phenoxy) is 1. The average molecular weight is 374 g/mol. The molecule has 2 aromatic rings. The molecule has 0 aliphatic carbocycles. The Hall–Kier alpha value is -2.54. The van der Waals surface area contributed by atoms with Crippen LogP contribution in [0, 0.1) is 13.8 Å². The van der Waals surface area contributed by atoms with Gasteiger partial charge in [-0.1, -0.05) is 24.3 Å². The van der Waals surface area contributed by atoms with E-state index >= 15 is 0 Å². The molecule has 1 N–H and O–H groups in total. The van der Waals surface area contributed by atoms with Crippen LogP contribution in [0.5, 0.6) is 0 Å². The summed E-state index contributed by atoms with van der Waals surface area (Å²) in [6.45, 7) is 5.38. The number of nitrogens with zero attached hydrogens (tertiary/aromatic N) is 1. The molecule has 138 valence electrons. The number of thiazole rings is 1. The predicted molar refractivity (Wildman–Crippen MR) is 99.6 cm³/mol. The van der Waals surface area contributed by atoms with Crippen LogP contribution in [0.1, 0.15) is 49.6 Å². The summed E-state index contributed by atoms with van der Waals surface area (Å²) >= 11 is 1.26. The molecule has 0 radical (unpaired) electrons. The first-order valence-electron chi connectivity index (χ1n) is 8.34. The van der Waals surface area contributed by atoms with Crippen LogP contribution < -0.4 is 5.32 Å². The van der Waals surface area contributed by atoms with Crippen LogP contribution in [0.25, 0.3) is 0 Å². The van der Waals surface area contributed by atoms with Crippen molar-refractivity contribution in [1.29, 1.82) is 0 Å². The number of ketones is 1. The summed E-state index contributed by atoms with van der Waals surface area (Å²) in [5.41, 5.74) is 2.20. The van der Waals surface area contributed by atoms with Gasteiger partial charge >= 0.3 is 5.97 Å². The highest BCUT2D eigenvalue weighted by Gasteiger charge is 2.17. The minimum atomic E-state index is -0.518. The van der Waals surface area contributed by atoms with Gasteiger partial charge in [0.1, 0.15) is 4.88 Å². The summed E-state index contributed by atoms with van der Waals surface area (Å²) in [5.74, 6) is -0.803. The van der Waals surface area contributed by atoms with Crippen LogP contribution in [0.2, 0.25) is 0 Å². The zero-order valence-electron chi connectivity index (χ0n) is 15.1. The van der Waals surface area contributed by atoms with Crippen molar-refractivity contribution in [2.75, 3.05) is 13.2 Å². The zero-order valence-corrected chi connectivity index (χ0v) is 15.9. The van der Waals surface area contributed by atoms with E-state index in [1.54, 1.807) is 19.1 Å². The maximum Gasteiger partial charge on any atom is 0.350 e. The second kappa shape index (κ2) is 9.24. The standard InChI is InChI=1S/C19H22N2O4S/c1-12-18(26-14(3)21-12)19(24)25-11-17(23)16-8-6-15(7-9-16)5-4-10-20-13(2)22/h6-9H,4-5,10-11H2,1-3H3,(H,20,22). The van der Waals surface area contributed by atoms with Crippen molar-refractivity contribution >= 4 is 29.0 Å². The number of hydrogen-bond acceptors (Lipinski definition) is 6. The second-order valence-corrected chi connectivity index (χ2v) is 7.13. The summed E-state index contributed by atoms with van der Waals surface area (Å²) in [6.07, 6.45) is 1.64. The van der Waals surface area contributed by atoms with E-state index in [2.05, 4.69) is 10.3 Å². The molecule has 0 unspecified atom stereocenters. The maximum absolute atomic E-state index is 12.2. The van der Waals surface area contributed by atoms with Gasteiger partial charge in [0, 0.05) is 19.0 Å². The molecule has 0 bridgehead atoms. The number of carbonyl (C=O) groups is 3. The van der Waals surface area contributed by atoms with Crippen molar-refractivity contribution < 1.29 is 19.1 Å². The molecule has 0 aliphatic heterocycles. The summed E-state index contributed by atoms with van der Waals surface area (Å²) in [5, 5.41) is 3.53. The lowest BCUT2D eigenvalue weighted by Gasteiger charge is -2.06. The first-order chi connectivity index (χ1) is 12.4. The molecule has 0 fully saturated rings. The van der Waals surface area contributed by atoms with E-state index in [0.29, 0.717) is 22.7 Å². The lowest BCUT2D eigenvalue weighted by molar-refractivity contribution is -0.118. The van der Waals surface area contributed by atoms with Gasteiger partial charge in [-0.2, -0.15) is 0 Å². The summed E-state index contributed by atoms with van der Waals surface area (Å²) in [6, 6.07) is 7.21. The third kappa shape index (κ3) is 5.77. The van der Waals surface area contributed by atoms with E-state index < -0.39 is 5.97 Å². The van der Waals surface area contributed by atoms with Crippen molar-refractivity contribution in [3.63, 3.8) is 0 Å². The number of rotatable bonds is 8. The molecule has 1 heterocycles. The molecule has 6 nitrogen and oxygen atoms in total. The number of aryl methyl sites for hydroxylation is 3. The summed E-state index contributed by atoms with van der Waals surface area (Å²) < 4.78 is 5.11. The Morgan fingerprint density at radius 3 is 2.42 bits per heavy atom. The fourth-order valence-electron chi connectivity index (χ4n) is 2.41. The van der Waals surface area contributed by atoms with Crippen LogP contribution >= 0.6 is 11.3 Å². The van der Waals surface area contributed by atoms with Crippen molar-refractivity contribution in [3.05, 3.63) is 51.0 Å². The van der Waals surface area contributed by atoms with Gasteiger partial charge in [0.05, 0.1) is 10.7 Å². The molecule has 26 heavy (non-hydrogen) atoms. The number of esters is 1. The van der Waals surface area contributed by atoms with Gasteiger partial charge in [-0.25, -0.2) is 9.78 Å². The summed E-state index contributed by atoms with van der Waals surface area (Å²) in [7, 11) is 0. The summed E-state index contributed by atoms with van der Waals surface area (Å²) in [4.78, 5) is 39.6. The Labute approximate surface area is 156 Å². The van der Waals surface area contributed by atoms with Gasteiger partial charge in [0.2, 0.25) is 5.91 Å². The fourth-order valence-corrected chi connectivity index (χ4v) is 3.23. The zero-order chi connectivity index (χ0) is 19.1. The number of carbonyl (C=O) groups excluding carboxylic acids is 3. The van der Waals surface area contributed by atoms with Crippen molar-refractivity contribution in [2.45, 2.75) is 33.6 Å². The van der Waals surface area contributed by atoms with Crippen molar-refractivity contribution in [3.8, 4) is 0 Å². The highest BCUT2D eigenvalue weighted by molar-refractivity contribution is 7.13. The normalized spacial score (nSPS) is 10.4. The van der Waals surface area contributed by atoms with Gasteiger partial charge in [0.15, 0.2) is 12.4 Å². The van der Waals surface area contributed by atoms with E-state index in [9.17, 15) is 14.4 Å². The quantitative estimate of drug-likeness (QED) is 0.436. The lowest BCUT2D eigenvalue weighted by atomic mass is 10.1. The van der Waals surface area contributed by atoms with Crippen LogP contribution in [0.15, 0.2) is 24.3 Å². The van der Waals surface area contributed by atoms with E-state index in [1.807, 2.05) is 19.1 Å². The number of amides is 1. The molecule has 7 heteroatoms. The van der Waals surface area contributed by atoms with Gasteiger partial charge in [-0.3, -0.25) is 9.59 Å². The molecule has 1 aromatic heterocycles. The van der Waals surface area contributed by atoms with Crippen molar-refractivity contribution in [1.82, 2.24) is 10.3 Å². The van der Waals surface area contributed by atoms with Gasteiger partial charge < -0.3 is 10.1 Å². The average Bonchev–Trinajstić information content (AvgIpc) is 2.95. The van der Waals surface area contributed by atoms with E-state index in [4.69, 9.17) is 4.74 Å². The Balaban J connectivity index is 1.83. The second-order valence-electron chi connectivity index (χ2n) is 5.93. The highest BCUT2D eigenvalue weighted by Crippen LogP contribution is 2.18. The molecule has 0 atom stereocenters. The molecular formula is C19H22N2O4S. The molecule has 0 spiro atoms. The minimum Gasteiger partial charge on any atom is -0.453 e. The number of hydrogen-bond donors (Lipinski definition) is 1. The first-order valence-corrected chi connectivity index (χ1v) is 9.16. The fraction of sp³-hybridized carbons (Fsp3) is 0.368. The Kier molecular flexibility index (Phi) is 7.03. The number of benzene rings is 1. The molecular weight excluding hydrogens is 352 g/mol. The molecule has 1 amide bonds. The van der Waals surface area contributed by atoms with Crippen molar-refractivity contribution in [2.24, 2.45) is 0 Å². The van der Waals surface area contributed by atoms with Gasteiger partial charge in [-0.15, -0.1) is 11.3 Å². The molecule has 1 aromatic carbocycles. The maximum atomic E-state index is 12.2. The van der Waals surface area contributed by atoms with E-state index in [1.165, 1.54) is 18.3 Å². The Bertz CT molecular complexity index is 796. The number of nitrogens with one attached hydrogen (secondary N) is 1. The lowest BCUT2D eigenvalue weighted by Crippen LogP contribution is -2.21. The minimum absolute atomic E-state index is 0.0378. The predicted octanol–water partition coefficient (Wildman–Crippen LogP) is 2.87. The number of aromatic nitrogens is 1. The molecule has 0 saturated heterocycles. The number of Topliss-reactive ketones (excluding diaryl/α,β-unsaturated/α-hetero) is 1. The monoisotopic (exact) mass is 374 g/mol. The van der Waals surface area contributed by atoms with E-state index in [0.717, 1.165) is 23.4 Å². The topological polar surface area (TPSA) is 85.4 Å². The smallest absolute Gasteiger partial charge is 0.350 e. The van der Waals surface area contributed by atoms with Crippen LogP contribution in [-0.2, 0) is 16.0 Å². The largest absolute Gasteiger partial charge is 0.453 e. The van der Waals surface area contributed by atoms with E-state index in [-0.39, 0.29) is 18.3 Å². The molecule has 2 rings (SSSR count). The third-order valence-electron chi connectivity index (χ3n) is 3.72. The third-order valence-corrected chi connectivity index (χ3v) is 4.77. The van der Waals surface area contributed by atoms with Gasteiger partial charge in [0.25, 0.3) is 0 Å². The first kappa shape index (κ1) is 19.8. The highest BCUT2D eigenvalue weighted by atomic mass is 32.1. The van der Waals surface area contributed by atoms with Crippen LogP contribution in [0.3, 0.4) is 0 Å². The van der Waals surface area contributed by atoms with Gasteiger partial charge in [-0.05, 0) is 32.3 Å². The Morgan fingerprint density at radius 2 is 1.85 bits per heavy atom. The molecule has 0 saturated carbocycles. The van der Waals surface area contributed by atoms with Crippen LogP contribution in [0.4, 0.5) is 0 Å². The van der Waals surface area contributed by atoms with Crippen LogP contribution in [-0.4, -0.2) is 35.8 Å².